The van der Waals surface area contributed by atoms with Crippen LogP contribution in [0.4, 0.5) is 0 Å². The number of rotatable bonds is 4. The summed E-state index contributed by atoms with van der Waals surface area (Å²) in [6.07, 6.45) is 0. The third-order valence-corrected chi connectivity index (χ3v) is 5.14. The fourth-order valence-electron chi connectivity index (χ4n) is 0.856. The van der Waals surface area contributed by atoms with E-state index in [-0.39, 0.29) is 11.5 Å². The monoisotopic (exact) mass is 358 g/mol. The van der Waals surface area contributed by atoms with Crippen molar-refractivity contribution in [1.82, 2.24) is 0 Å². The van der Waals surface area contributed by atoms with Crippen LogP contribution in [0.1, 0.15) is 17.3 Å². The highest BCUT2D eigenvalue weighted by atomic mass is 79.9. The van der Waals surface area contributed by atoms with Crippen LogP contribution in [0.15, 0.2) is 13.6 Å². The summed E-state index contributed by atoms with van der Waals surface area (Å²) in [6, 6.07) is 1.75. The van der Waals surface area contributed by atoms with Crippen molar-refractivity contribution in [2.24, 2.45) is 0 Å². The van der Waals surface area contributed by atoms with Crippen LogP contribution in [0, 0.1) is 0 Å². The van der Waals surface area contributed by atoms with E-state index in [4.69, 9.17) is 0 Å². The molecule has 1 atom stereocenters. The van der Waals surface area contributed by atoms with E-state index < -0.39 is 10.8 Å². The summed E-state index contributed by atoms with van der Waals surface area (Å²) in [7, 11) is -1.04. The van der Waals surface area contributed by atoms with Gasteiger partial charge in [0, 0.05) is 22.1 Å². The van der Waals surface area contributed by atoms with Crippen molar-refractivity contribution in [3.05, 3.63) is 19.2 Å². The number of hydrogen-bond acceptors (Lipinski definition) is 3. The van der Waals surface area contributed by atoms with E-state index >= 15 is 0 Å². The van der Waals surface area contributed by atoms with Crippen molar-refractivity contribution in [2.45, 2.75) is 6.92 Å². The van der Waals surface area contributed by atoms with Crippen molar-refractivity contribution >= 4 is 59.8 Å². The lowest BCUT2D eigenvalue weighted by molar-refractivity contribution is 0.102. The maximum absolute atomic E-state index is 11.6. The van der Waals surface area contributed by atoms with Crippen molar-refractivity contribution in [1.29, 1.82) is 0 Å². The quantitative estimate of drug-likeness (QED) is 0.773. The molecule has 1 heterocycles. The smallest absolute Gasteiger partial charge is 0.177 e. The van der Waals surface area contributed by atoms with Gasteiger partial charge in [0.25, 0.3) is 0 Å². The van der Waals surface area contributed by atoms with Gasteiger partial charge in [0.05, 0.1) is 13.3 Å². The van der Waals surface area contributed by atoms with Gasteiger partial charge in [-0.1, -0.05) is 6.92 Å². The molecule has 1 unspecified atom stereocenters. The molecule has 1 aromatic rings. The van der Waals surface area contributed by atoms with Gasteiger partial charge in [0.2, 0.25) is 0 Å². The molecule has 2 nitrogen and oxygen atoms in total. The first-order valence-corrected chi connectivity index (χ1v) is 7.76. The van der Waals surface area contributed by atoms with E-state index in [0.717, 1.165) is 7.57 Å². The Morgan fingerprint density at radius 3 is 2.64 bits per heavy atom. The van der Waals surface area contributed by atoms with Gasteiger partial charge in [-0.25, -0.2) is 0 Å². The molecule has 0 aliphatic heterocycles. The largest absolute Gasteiger partial charge is 0.293 e. The highest BCUT2D eigenvalue weighted by Gasteiger charge is 2.15. The van der Waals surface area contributed by atoms with Gasteiger partial charge in [-0.2, -0.15) is 0 Å². The highest BCUT2D eigenvalue weighted by Crippen LogP contribution is 2.32. The molecule has 0 saturated heterocycles. The van der Waals surface area contributed by atoms with Gasteiger partial charge in [0.1, 0.15) is 0 Å². The number of halogens is 2. The second kappa shape index (κ2) is 5.53. The number of thiophene rings is 1. The van der Waals surface area contributed by atoms with Crippen LogP contribution in [0.3, 0.4) is 0 Å². The summed E-state index contributed by atoms with van der Waals surface area (Å²) in [6.45, 7) is 1.81. The summed E-state index contributed by atoms with van der Waals surface area (Å²) in [5.41, 5.74) is 0.615. The van der Waals surface area contributed by atoms with Crippen LogP contribution in [-0.4, -0.2) is 21.5 Å². The van der Waals surface area contributed by atoms with Gasteiger partial charge in [-0.3, -0.25) is 9.00 Å². The molecule has 0 saturated carbocycles. The Kier molecular flexibility index (Phi) is 4.96. The Balaban J connectivity index is 2.79. The first kappa shape index (κ1) is 12.5. The van der Waals surface area contributed by atoms with E-state index in [1.54, 1.807) is 6.07 Å². The number of carbonyl (C=O) groups excluding carboxylic acids is 1. The van der Waals surface area contributed by atoms with Gasteiger partial charge in [-0.05, 0) is 37.9 Å². The molecule has 78 valence electrons. The Hall–Kier alpha value is 0.480. The number of Topliss-reactive ketones (excluding diaryl/α,β-unsaturated/α-hetero) is 1. The zero-order valence-electron chi connectivity index (χ0n) is 7.38. The number of hydrogen-bond donors (Lipinski definition) is 0. The lowest BCUT2D eigenvalue weighted by Crippen LogP contribution is -2.11. The predicted octanol–water partition coefficient (Wildman–Crippen LogP) is 3.22. The van der Waals surface area contributed by atoms with E-state index in [1.807, 2.05) is 6.92 Å². The van der Waals surface area contributed by atoms with Crippen LogP contribution in [0.2, 0.25) is 0 Å². The predicted molar refractivity (Wildman–Crippen MR) is 67.6 cm³/mol. The Labute approximate surface area is 106 Å². The lowest BCUT2D eigenvalue weighted by Gasteiger charge is -1.97. The van der Waals surface area contributed by atoms with Gasteiger partial charge in [0.15, 0.2) is 5.78 Å². The topological polar surface area (TPSA) is 34.1 Å². The van der Waals surface area contributed by atoms with Crippen molar-refractivity contribution in [2.75, 3.05) is 11.5 Å². The van der Waals surface area contributed by atoms with Gasteiger partial charge in [-0.15, -0.1) is 11.3 Å². The minimum atomic E-state index is -1.04. The maximum Gasteiger partial charge on any atom is 0.177 e. The first-order valence-electron chi connectivity index (χ1n) is 3.87. The van der Waals surface area contributed by atoms with Crippen LogP contribution in [0.5, 0.6) is 0 Å². The summed E-state index contributed by atoms with van der Waals surface area (Å²) >= 11 is 8.04. The fraction of sp³-hybridized carbons (Fsp3) is 0.375. The van der Waals surface area contributed by atoms with Crippen molar-refractivity contribution < 1.29 is 9.00 Å². The number of carbonyl (C=O) groups is 1. The second-order valence-electron chi connectivity index (χ2n) is 2.53. The fourth-order valence-corrected chi connectivity index (χ4v) is 4.36. The van der Waals surface area contributed by atoms with Crippen LogP contribution in [0.25, 0.3) is 0 Å². The molecule has 0 spiro atoms. The molecule has 0 fully saturated rings. The van der Waals surface area contributed by atoms with E-state index in [2.05, 4.69) is 31.9 Å². The second-order valence-corrected chi connectivity index (χ2v) is 8.03. The van der Waals surface area contributed by atoms with Crippen LogP contribution >= 0.6 is 43.2 Å². The third kappa shape index (κ3) is 3.25. The molecule has 14 heavy (non-hydrogen) atoms. The lowest BCUT2D eigenvalue weighted by atomic mass is 10.2. The molecule has 1 aromatic heterocycles. The normalized spacial score (nSPS) is 12.8. The van der Waals surface area contributed by atoms with E-state index in [0.29, 0.717) is 11.3 Å². The van der Waals surface area contributed by atoms with Crippen LogP contribution in [-0.2, 0) is 10.8 Å². The Morgan fingerprint density at radius 2 is 2.21 bits per heavy atom. The standard InChI is InChI=1S/C8H8Br2O2S2/c1-2-14(12)4-6(11)5-3-7(9)13-8(5)10/h3H,2,4H2,1H3. The molecule has 0 bridgehead atoms. The number of ketones is 1. The molecular formula is C8H8Br2O2S2. The molecule has 0 N–H and O–H groups in total. The minimum absolute atomic E-state index is 0.0704. The molecule has 0 radical (unpaired) electrons. The maximum atomic E-state index is 11.6. The van der Waals surface area contributed by atoms with Crippen molar-refractivity contribution in [3.8, 4) is 0 Å². The molecule has 0 aliphatic rings. The molecule has 1 rings (SSSR count). The molecular weight excluding hydrogens is 352 g/mol. The van der Waals surface area contributed by atoms with E-state index in [9.17, 15) is 9.00 Å². The Bertz CT molecular complexity index is 373. The highest BCUT2D eigenvalue weighted by molar-refractivity contribution is 9.12. The SMILES string of the molecule is CCS(=O)CC(=O)c1cc(Br)sc1Br. The average Bonchev–Trinajstić information content (AvgIpc) is 2.45. The zero-order valence-corrected chi connectivity index (χ0v) is 12.2. The van der Waals surface area contributed by atoms with E-state index in [1.165, 1.54) is 11.3 Å². The minimum Gasteiger partial charge on any atom is -0.293 e. The molecule has 0 aromatic carbocycles. The molecule has 0 aliphatic carbocycles. The first-order chi connectivity index (χ1) is 6.54. The summed E-state index contributed by atoms with van der Waals surface area (Å²) in [5.74, 6) is 0.562. The molecule has 6 heteroatoms. The average molecular weight is 360 g/mol. The van der Waals surface area contributed by atoms with Crippen LogP contribution < -0.4 is 0 Å². The molecule has 0 amide bonds. The third-order valence-electron chi connectivity index (χ3n) is 1.57. The van der Waals surface area contributed by atoms with Crippen molar-refractivity contribution in [3.63, 3.8) is 0 Å². The van der Waals surface area contributed by atoms with Gasteiger partial charge >= 0.3 is 0 Å². The summed E-state index contributed by atoms with van der Waals surface area (Å²) in [4.78, 5) is 11.6. The summed E-state index contributed by atoms with van der Waals surface area (Å²) < 4.78 is 12.9. The Morgan fingerprint density at radius 1 is 1.57 bits per heavy atom. The zero-order chi connectivity index (χ0) is 10.7. The van der Waals surface area contributed by atoms with Gasteiger partial charge < -0.3 is 0 Å². The summed E-state index contributed by atoms with van der Waals surface area (Å²) in [5, 5.41) is 0.